The second-order valence-electron chi connectivity index (χ2n) is 4.32. The van der Waals surface area contributed by atoms with Gasteiger partial charge in [-0.3, -0.25) is 0 Å². The molecule has 0 nitrogen and oxygen atoms in total. The van der Waals surface area contributed by atoms with Gasteiger partial charge in [-0.1, -0.05) is 42.5 Å². The summed E-state index contributed by atoms with van der Waals surface area (Å²) in [5.74, 6) is 0. The molecule has 0 saturated heterocycles. The van der Waals surface area contributed by atoms with E-state index in [9.17, 15) is 0 Å². The van der Waals surface area contributed by atoms with Crippen LogP contribution < -0.4 is 0 Å². The van der Waals surface area contributed by atoms with Gasteiger partial charge in [0.1, 0.15) is 0 Å². The maximum absolute atomic E-state index is 6.66. The number of hydrogen-bond acceptors (Lipinski definition) is 1. The molecule has 2 heteroatoms. The van der Waals surface area contributed by atoms with Crippen LogP contribution in [0.1, 0.15) is 27.6 Å². The molecule has 1 unspecified atom stereocenters. The first-order chi connectivity index (χ1) is 8.79. The average molecular weight is 273 g/mol. The van der Waals surface area contributed by atoms with E-state index in [-0.39, 0.29) is 5.38 Å². The number of alkyl halides is 1. The van der Waals surface area contributed by atoms with Crippen LogP contribution in [0.4, 0.5) is 0 Å². The minimum Gasteiger partial charge on any atom is -0.130 e. The Balaban J connectivity index is 2.20. The summed E-state index contributed by atoms with van der Waals surface area (Å²) >= 11 is 8.41. The zero-order chi connectivity index (χ0) is 12.5. The molecule has 0 aromatic heterocycles. The van der Waals surface area contributed by atoms with Gasteiger partial charge < -0.3 is 0 Å². The summed E-state index contributed by atoms with van der Waals surface area (Å²) in [4.78, 5) is 1.26. The van der Waals surface area contributed by atoms with Crippen LogP contribution in [-0.2, 0) is 0 Å². The first kappa shape index (κ1) is 11.9. The summed E-state index contributed by atoms with van der Waals surface area (Å²) in [7, 11) is 0. The highest BCUT2D eigenvalue weighted by Gasteiger charge is 2.19. The molecule has 90 valence electrons. The number of benzene rings is 2. The van der Waals surface area contributed by atoms with Crippen molar-refractivity contribution in [2.45, 2.75) is 10.3 Å². The lowest BCUT2D eigenvalue weighted by molar-refractivity contribution is 1.12. The van der Waals surface area contributed by atoms with Gasteiger partial charge in [-0.25, -0.2) is 0 Å². The van der Waals surface area contributed by atoms with Crippen molar-refractivity contribution >= 4 is 35.5 Å². The van der Waals surface area contributed by atoms with E-state index in [0.717, 1.165) is 0 Å². The van der Waals surface area contributed by atoms with Crippen LogP contribution in [0, 0.1) is 0 Å². The molecule has 1 atom stereocenters. The van der Waals surface area contributed by atoms with E-state index in [1.807, 2.05) is 6.07 Å². The molecule has 0 radical (unpaired) electrons. The van der Waals surface area contributed by atoms with Crippen molar-refractivity contribution in [1.82, 2.24) is 0 Å². The van der Waals surface area contributed by atoms with E-state index >= 15 is 0 Å². The van der Waals surface area contributed by atoms with Crippen molar-refractivity contribution in [2.75, 3.05) is 6.26 Å². The van der Waals surface area contributed by atoms with Gasteiger partial charge in [0.25, 0.3) is 0 Å². The molecule has 18 heavy (non-hydrogen) atoms. The van der Waals surface area contributed by atoms with Gasteiger partial charge in [0.05, 0.1) is 5.38 Å². The Labute approximate surface area is 117 Å². The van der Waals surface area contributed by atoms with Gasteiger partial charge in [-0.2, -0.15) is 0 Å². The lowest BCUT2D eigenvalue weighted by Gasteiger charge is -2.14. The number of halogens is 1. The topological polar surface area (TPSA) is 0 Å². The Morgan fingerprint density at radius 2 is 1.67 bits per heavy atom. The van der Waals surface area contributed by atoms with Gasteiger partial charge in [0.15, 0.2) is 0 Å². The molecule has 0 saturated carbocycles. The van der Waals surface area contributed by atoms with Crippen LogP contribution in [0.2, 0.25) is 0 Å². The number of hydrogen-bond donors (Lipinski definition) is 0. The summed E-state index contributed by atoms with van der Waals surface area (Å²) in [6.45, 7) is 0. The second-order valence-corrected chi connectivity index (χ2v) is 5.64. The van der Waals surface area contributed by atoms with Crippen LogP contribution >= 0.6 is 23.4 Å². The standard InChI is InChI=1S/C16H13ClS/c1-18-13-9-8-12-7-6-11-4-2-3-5-14(11)16(17)15(12)10-13/h2-10,16H,1H3. The quantitative estimate of drug-likeness (QED) is 0.507. The van der Waals surface area contributed by atoms with Crippen LogP contribution in [0.5, 0.6) is 0 Å². The summed E-state index contributed by atoms with van der Waals surface area (Å²) in [5.41, 5.74) is 4.81. The number of fused-ring (bicyclic) bond motifs is 2. The van der Waals surface area contributed by atoms with Crippen LogP contribution in [0.3, 0.4) is 0 Å². The maximum atomic E-state index is 6.66. The van der Waals surface area contributed by atoms with Crippen molar-refractivity contribution in [3.63, 3.8) is 0 Å². The summed E-state index contributed by atoms with van der Waals surface area (Å²) in [5, 5.41) is -0.0710. The Morgan fingerprint density at radius 1 is 0.944 bits per heavy atom. The molecule has 3 rings (SSSR count). The molecule has 0 aliphatic heterocycles. The summed E-state index contributed by atoms with van der Waals surface area (Å²) < 4.78 is 0. The first-order valence-electron chi connectivity index (χ1n) is 5.88. The Bertz CT molecular complexity index is 616. The van der Waals surface area contributed by atoms with Crippen LogP contribution in [0.25, 0.3) is 12.2 Å². The normalized spacial score (nSPS) is 16.9. The lowest BCUT2D eigenvalue weighted by atomic mass is 9.99. The van der Waals surface area contributed by atoms with Gasteiger partial charge in [-0.05, 0) is 40.6 Å². The molecule has 2 aromatic carbocycles. The minimum absolute atomic E-state index is 0.0710. The largest absolute Gasteiger partial charge is 0.130 e. The van der Waals surface area contributed by atoms with Gasteiger partial charge in [0, 0.05) is 4.90 Å². The molecule has 0 amide bonds. The molecule has 0 N–H and O–H groups in total. The lowest BCUT2D eigenvalue weighted by Crippen LogP contribution is -1.96. The third kappa shape index (κ3) is 1.98. The van der Waals surface area contributed by atoms with Crippen LogP contribution in [-0.4, -0.2) is 6.26 Å². The van der Waals surface area contributed by atoms with Gasteiger partial charge in [-0.15, -0.1) is 23.4 Å². The Morgan fingerprint density at radius 3 is 2.44 bits per heavy atom. The van der Waals surface area contributed by atoms with Crippen molar-refractivity contribution in [2.24, 2.45) is 0 Å². The average Bonchev–Trinajstić information content (AvgIpc) is 2.57. The smallest absolute Gasteiger partial charge is 0.0847 e. The van der Waals surface area contributed by atoms with Gasteiger partial charge in [0.2, 0.25) is 0 Å². The van der Waals surface area contributed by atoms with Crippen LogP contribution in [0.15, 0.2) is 47.4 Å². The molecule has 1 aliphatic rings. The molecule has 0 fully saturated rings. The molecule has 1 aliphatic carbocycles. The van der Waals surface area contributed by atoms with E-state index in [1.165, 1.54) is 27.1 Å². The summed E-state index contributed by atoms with van der Waals surface area (Å²) in [6, 6.07) is 14.8. The molecule has 0 heterocycles. The highest BCUT2D eigenvalue weighted by Crippen LogP contribution is 2.38. The Kier molecular flexibility index (Phi) is 3.19. The van der Waals surface area contributed by atoms with E-state index in [0.29, 0.717) is 0 Å². The molecular weight excluding hydrogens is 260 g/mol. The second kappa shape index (κ2) is 4.83. The predicted molar refractivity (Wildman–Crippen MR) is 81.3 cm³/mol. The van der Waals surface area contributed by atoms with Gasteiger partial charge >= 0.3 is 0 Å². The molecule has 0 bridgehead atoms. The van der Waals surface area contributed by atoms with E-state index in [1.54, 1.807) is 11.8 Å². The predicted octanol–water partition coefficient (Wildman–Crippen LogP) is 5.22. The van der Waals surface area contributed by atoms with E-state index in [2.05, 4.69) is 54.8 Å². The van der Waals surface area contributed by atoms with E-state index < -0.39 is 0 Å². The fourth-order valence-corrected chi connectivity index (χ4v) is 3.13. The molecule has 0 spiro atoms. The number of thioether (sulfide) groups is 1. The van der Waals surface area contributed by atoms with Crippen molar-refractivity contribution in [3.8, 4) is 0 Å². The zero-order valence-electron chi connectivity index (χ0n) is 10.1. The molecule has 2 aromatic rings. The zero-order valence-corrected chi connectivity index (χ0v) is 11.6. The molecular formula is C16H13ClS. The fourth-order valence-electron chi connectivity index (χ4n) is 2.29. The Hall–Kier alpha value is -1.18. The SMILES string of the molecule is CSc1ccc2c(c1)C(Cl)c1ccccc1C=C2. The maximum Gasteiger partial charge on any atom is 0.0847 e. The monoisotopic (exact) mass is 272 g/mol. The third-order valence-electron chi connectivity index (χ3n) is 3.28. The third-order valence-corrected chi connectivity index (χ3v) is 4.47. The highest BCUT2D eigenvalue weighted by atomic mass is 35.5. The number of rotatable bonds is 1. The van der Waals surface area contributed by atoms with Crippen molar-refractivity contribution < 1.29 is 0 Å². The van der Waals surface area contributed by atoms with Crippen molar-refractivity contribution in [3.05, 3.63) is 64.7 Å². The van der Waals surface area contributed by atoms with E-state index in [4.69, 9.17) is 11.6 Å². The highest BCUT2D eigenvalue weighted by molar-refractivity contribution is 7.98. The first-order valence-corrected chi connectivity index (χ1v) is 7.55. The van der Waals surface area contributed by atoms with Crippen molar-refractivity contribution in [1.29, 1.82) is 0 Å². The minimum atomic E-state index is -0.0710. The summed E-state index contributed by atoms with van der Waals surface area (Å²) in [6.07, 6.45) is 6.39. The fraction of sp³-hybridized carbons (Fsp3) is 0.125.